The van der Waals surface area contributed by atoms with Gasteiger partial charge in [0.1, 0.15) is 0 Å². The summed E-state index contributed by atoms with van der Waals surface area (Å²) >= 11 is 1.70. The van der Waals surface area contributed by atoms with Crippen molar-refractivity contribution >= 4 is 23.2 Å². The van der Waals surface area contributed by atoms with Gasteiger partial charge in [-0.1, -0.05) is 42.5 Å². The van der Waals surface area contributed by atoms with E-state index < -0.39 is 0 Å². The molecule has 4 rings (SSSR count). The topological polar surface area (TPSA) is 50.3 Å². The van der Waals surface area contributed by atoms with Crippen LogP contribution in [0.25, 0.3) is 10.4 Å². The van der Waals surface area contributed by atoms with E-state index in [9.17, 15) is 9.59 Å². The molecule has 0 fully saturated rings. The molecule has 2 heterocycles. The van der Waals surface area contributed by atoms with Crippen LogP contribution in [0.4, 0.5) is 0 Å². The molecule has 130 valence electrons. The third-order valence-corrected chi connectivity index (χ3v) is 5.62. The molecular weight excluding hydrogens is 344 g/mol. The molecule has 0 saturated carbocycles. The third-order valence-electron chi connectivity index (χ3n) is 4.51. The lowest BCUT2D eigenvalue weighted by Crippen LogP contribution is -2.30. The SMILES string of the molecule is O=C1c2ccccc2C(=O)N1CCCCc1ncc(-c2ccccc2)s1. The highest BCUT2D eigenvalue weighted by molar-refractivity contribution is 7.15. The molecule has 5 heteroatoms. The summed E-state index contributed by atoms with van der Waals surface area (Å²) in [4.78, 5) is 31.7. The Morgan fingerprint density at radius 1 is 0.846 bits per heavy atom. The summed E-state index contributed by atoms with van der Waals surface area (Å²) in [5, 5.41) is 1.09. The minimum Gasteiger partial charge on any atom is -0.274 e. The molecule has 0 radical (unpaired) electrons. The molecule has 2 amide bonds. The number of carbonyl (C=O) groups is 2. The van der Waals surface area contributed by atoms with E-state index in [1.807, 2.05) is 24.4 Å². The molecule has 0 bridgehead atoms. The number of unbranched alkanes of at least 4 members (excludes halogenated alkanes) is 1. The molecule has 0 aliphatic carbocycles. The second kappa shape index (κ2) is 7.22. The number of thiazole rings is 1. The van der Waals surface area contributed by atoms with Crippen LogP contribution in [-0.4, -0.2) is 28.2 Å². The fourth-order valence-electron chi connectivity index (χ4n) is 3.15. The molecule has 0 saturated heterocycles. The molecule has 0 spiro atoms. The number of fused-ring (bicyclic) bond motifs is 1. The molecule has 1 aromatic heterocycles. The van der Waals surface area contributed by atoms with E-state index in [-0.39, 0.29) is 11.8 Å². The molecule has 1 aliphatic heterocycles. The summed E-state index contributed by atoms with van der Waals surface area (Å²) in [7, 11) is 0. The van der Waals surface area contributed by atoms with Crippen LogP contribution in [0.1, 0.15) is 38.6 Å². The van der Waals surface area contributed by atoms with E-state index in [0.717, 1.165) is 24.3 Å². The van der Waals surface area contributed by atoms with Crippen molar-refractivity contribution in [2.24, 2.45) is 0 Å². The van der Waals surface area contributed by atoms with Crippen molar-refractivity contribution < 1.29 is 9.59 Å². The average molecular weight is 362 g/mol. The van der Waals surface area contributed by atoms with Gasteiger partial charge in [0, 0.05) is 12.7 Å². The molecule has 26 heavy (non-hydrogen) atoms. The molecule has 4 nitrogen and oxygen atoms in total. The molecule has 0 N–H and O–H groups in total. The maximum atomic E-state index is 12.3. The number of benzene rings is 2. The van der Waals surface area contributed by atoms with Gasteiger partial charge >= 0.3 is 0 Å². The van der Waals surface area contributed by atoms with Crippen LogP contribution < -0.4 is 0 Å². The van der Waals surface area contributed by atoms with Crippen molar-refractivity contribution in [3.63, 3.8) is 0 Å². The molecular formula is C21H18N2O2S. The van der Waals surface area contributed by atoms with Gasteiger partial charge < -0.3 is 0 Å². The summed E-state index contributed by atoms with van der Waals surface area (Å²) in [6.45, 7) is 0.462. The summed E-state index contributed by atoms with van der Waals surface area (Å²) in [6, 6.07) is 17.2. The standard InChI is InChI=1S/C21H18N2O2S/c24-20-16-10-4-5-11-17(16)21(25)23(20)13-7-6-12-19-22-14-18(26-19)15-8-2-1-3-9-15/h1-5,8-11,14H,6-7,12-13H2. The van der Waals surface area contributed by atoms with E-state index in [1.165, 1.54) is 15.3 Å². The summed E-state index contributed by atoms with van der Waals surface area (Å²) < 4.78 is 0. The third kappa shape index (κ3) is 3.18. The Kier molecular flexibility index (Phi) is 4.63. The van der Waals surface area contributed by atoms with Crippen molar-refractivity contribution in [3.8, 4) is 10.4 Å². The van der Waals surface area contributed by atoms with Gasteiger partial charge in [-0.2, -0.15) is 0 Å². The number of hydrogen-bond acceptors (Lipinski definition) is 4. The van der Waals surface area contributed by atoms with Crippen LogP contribution in [-0.2, 0) is 6.42 Å². The number of aromatic nitrogens is 1. The Morgan fingerprint density at radius 3 is 2.19 bits per heavy atom. The first kappa shape index (κ1) is 16.7. The van der Waals surface area contributed by atoms with E-state index in [1.54, 1.807) is 35.6 Å². The Labute approximate surface area is 156 Å². The first-order chi connectivity index (χ1) is 12.7. The number of imide groups is 1. The average Bonchev–Trinajstić information content (AvgIpc) is 3.25. The molecule has 0 atom stereocenters. The predicted octanol–water partition coefficient (Wildman–Crippen LogP) is 4.43. The predicted molar refractivity (Wildman–Crippen MR) is 102 cm³/mol. The van der Waals surface area contributed by atoms with Crippen molar-refractivity contribution in [1.82, 2.24) is 9.88 Å². The first-order valence-corrected chi connectivity index (χ1v) is 9.51. The largest absolute Gasteiger partial charge is 0.274 e. The van der Waals surface area contributed by atoms with Gasteiger partial charge in [0.15, 0.2) is 0 Å². The minimum absolute atomic E-state index is 0.175. The maximum absolute atomic E-state index is 12.3. The Hall–Kier alpha value is -2.79. The highest BCUT2D eigenvalue weighted by Crippen LogP contribution is 2.27. The van der Waals surface area contributed by atoms with Gasteiger partial charge in [-0.15, -0.1) is 11.3 Å². The molecule has 0 unspecified atom stereocenters. The molecule has 2 aromatic carbocycles. The second-order valence-electron chi connectivity index (χ2n) is 6.25. The highest BCUT2D eigenvalue weighted by atomic mass is 32.1. The monoisotopic (exact) mass is 362 g/mol. The van der Waals surface area contributed by atoms with E-state index in [0.29, 0.717) is 17.7 Å². The zero-order valence-electron chi connectivity index (χ0n) is 14.2. The van der Waals surface area contributed by atoms with Gasteiger partial charge in [0.05, 0.1) is 21.0 Å². The lowest BCUT2D eigenvalue weighted by Gasteiger charge is -2.13. The van der Waals surface area contributed by atoms with Crippen molar-refractivity contribution in [3.05, 3.63) is 76.9 Å². The zero-order chi connectivity index (χ0) is 17.9. The van der Waals surface area contributed by atoms with Crippen LogP contribution >= 0.6 is 11.3 Å². The number of hydrogen-bond donors (Lipinski definition) is 0. The van der Waals surface area contributed by atoms with Crippen LogP contribution in [0.15, 0.2) is 60.8 Å². The minimum atomic E-state index is -0.175. The number of nitrogens with zero attached hydrogens (tertiary/aromatic N) is 2. The van der Waals surface area contributed by atoms with Crippen LogP contribution in [0, 0.1) is 0 Å². The highest BCUT2D eigenvalue weighted by Gasteiger charge is 2.34. The quantitative estimate of drug-likeness (QED) is 0.481. The van der Waals surface area contributed by atoms with Gasteiger partial charge in [-0.25, -0.2) is 4.98 Å². The first-order valence-electron chi connectivity index (χ1n) is 8.69. The Balaban J connectivity index is 1.31. The van der Waals surface area contributed by atoms with Crippen LogP contribution in [0.3, 0.4) is 0 Å². The lowest BCUT2D eigenvalue weighted by atomic mass is 10.1. The Bertz CT molecular complexity index is 914. The van der Waals surface area contributed by atoms with Gasteiger partial charge in [-0.3, -0.25) is 14.5 Å². The maximum Gasteiger partial charge on any atom is 0.261 e. The van der Waals surface area contributed by atoms with Gasteiger partial charge in [0.2, 0.25) is 0 Å². The van der Waals surface area contributed by atoms with E-state index in [2.05, 4.69) is 17.1 Å². The van der Waals surface area contributed by atoms with Crippen molar-refractivity contribution in [2.75, 3.05) is 6.54 Å². The zero-order valence-corrected chi connectivity index (χ0v) is 15.0. The molecule has 1 aliphatic rings. The number of rotatable bonds is 6. The fraction of sp³-hybridized carbons (Fsp3) is 0.190. The smallest absolute Gasteiger partial charge is 0.261 e. The summed E-state index contributed by atoms with van der Waals surface area (Å²) in [5.41, 5.74) is 2.22. The summed E-state index contributed by atoms with van der Waals surface area (Å²) in [6.07, 6.45) is 4.46. The Morgan fingerprint density at radius 2 is 1.50 bits per heavy atom. The number of carbonyl (C=O) groups excluding carboxylic acids is 2. The molecule has 3 aromatic rings. The van der Waals surface area contributed by atoms with Crippen LogP contribution in [0.5, 0.6) is 0 Å². The van der Waals surface area contributed by atoms with Crippen LogP contribution in [0.2, 0.25) is 0 Å². The van der Waals surface area contributed by atoms with E-state index in [4.69, 9.17) is 0 Å². The normalized spacial score (nSPS) is 13.3. The number of amides is 2. The van der Waals surface area contributed by atoms with Gasteiger partial charge in [0.25, 0.3) is 11.8 Å². The number of aryl methyl sites for hydroxylation is 1. The summed E-state index contributed by atoms with van der Waals surface area (Å²) in [5.74, 6) is -0.350. The van der Waals surface area contributed by atoms with Crippen molar-refractivity contribution in [1.29, 1.82) is 0 Å². The second-order valence-corrected chi connectivity index (χ2v) is 7.36. The van der Waals surface area contributed by atoms with E-state index >= 15 is 0 Å². The lowest BCUT2D eigenvalue weighted by molar-refractivity contribution is 0.0652. The fourth-order valence-corrected chi connectivity index (χ4v) is 4.12. The van der Waals surface area contributed by atoms with Crippen molar-refractivity contribution in [2.45, 2.75) is 19.3 Å². The van der Waals surface area contributed by atoms with Gasteiger partial charge in [-0.05, 0) is 37.0 Å².